The molecule has 1 aliphatic rings. The molecule has 2 heterocycles. The van der Waals surface area contributed by atoms with Crippen molar-refractivity contribution >= 4 is 0 Å². The number of hydrogen-bond donors (Lipinski definition) is 1. The maximum absolute atomic E-state index is 5.47. The van der Waals surface area contributed by atoms with E-state index in [0.29, 0.717) is 0 Å². The van der Waals surface area contributed by atoms with Crippen LogP contribution in [0, 0.1) is 0 Å². The molecule has 106 valence electrons. The first-order chi connectivity index (χ1) is 9.76. The van der Waals surface area contributed by atoms with Gasteiger partial charge in [-0.2, -0.15) is 4.98 Å². The molecule has 2 aromatic rings. The maximum Gasteiger partial charge on any atom is 0.246 e. The van der Waals surface area contributed by atoms with Crippen molar-refractivity contribution in [3.8, 4) is 0 Å². The molecule has 4 heteroatoms. The minimum Gasteiger partial charge on any atom is -0.337 e. The highest BCUT2D eigenvalue weighted by Gasteiger charge is 2.33. The van der Waals surface area contributed by atoms with E-state index in [2.05, 4.69) is 46.6 Å². The van der Waals surface area contributed by atoms with Crippen LogP contribution in [0.25, 0.3) is 0 Å². The molecule has 20 heavy (non-hydrogen) atoms. The summed E-state index contributed by atoms with van der Waals surface area (Å²) >= 11 is 0. The molecule has 0 spiro atoms. The lowest BCUT2D eigenvalue weighted by atomic mass is 9.91. The third-order valence-electron chi connectivity index (χ3n) is 4.04. The second-order valence-electron chi connectivity index (χ2n) is 5.72. The largest absolute Gasteiger partial charge is 0.337 e. The number of nitrogens with zero attached hydrogens (tertiary/aromatic N) is 2. The number of benzene rings is 1. The molecule has 4 nitrogen and oxygen atoms in total. The van der Waals surface area contributed by atoms with Crippen molar-refractivity contribution < 1.29 is 4.52 Å². The van der Waals surface area contributed by atoms with E-state index in [9.17, 15) is 0 Å². The van der Waals surface area contributed by atoms with Gasteiger partial charge in [-0.1, -0.05) is 35.5 Å². The summed E-state index contributed by atoms with van der Waals surface area (Å²) in [5.74, 6) is 1.54. The van der Waals surface area contributed by atoms with E-state index < -0.39 is 0 Å². The lowest BCUT2D eigenvalue weighted by Gasteiger charge is -2.31. The van der Waals surface area contributed by atoms with Gasteiger partial charge in [0.25, 0.3) is 0 Å². The summed E-state index contributed by atoms with van der Waals surface area (Å²) < 4.78 is 5.47. The van der Waals surface area contributed by atoms with Gasteiger partial charge in [0.2, 0.25) is 5.89 Å². The van der Waals surface area contributed by atoms with Crippen molar-refractivity contribution in [2.75, 3.05) is 6.54 Å². The van der Waals surface area contributed by atoms with E-state index in [1.165, 1.54) is 18.4 Å². The third kappa shape index (κ3) is 2.90. The first-order valence-electron chi connectivity index (χ1n) is 7.38. The molecule has 1 unspecified atom stereocenters. The van der Waals surface area contributed by atoms with Gasteiger partial charge in [-0.05, 0) is 44.7 Å². The lowest BCUT2D eigenvalue weighted by Crippen LogP contribution is -2.43. The van der Waals surface area contributed by atoms with Crippen molar-refractivity contribution in [2.45, 2.75) is 44.6 Å². The highest BCUT2D eigenvalue weighted by Crippen LogP contribution is 2.28. The number of aromatic nitrogens is 2. The summed E-state index contributed by atoms with van der Waals surface area (Å²) in [5.41, 5.74) is 1.16. The number of nitrogens with one attached hydrogen (secondary N) is 1. The standard InChI is InChI=1S/C16H21N3O/c1-16(11-5-6-12-17-16)15-18-14(19-20-15)10-9-13-7-3-2-4-8-13/h2-4,7-8,17H,5-6,9-12H2,1H3. The molecule has 1 saturated heterocycles. The molecule has 1 atom stereocenters. The molecule has 0 amide bonds. The highest BCUT2D eigenvalue weighted by molar-refractivity contribution is 5.15. The van der Waals surface area contributed by atoms with Gasteiger partial charge in [0, 0.05) is 6.42 Å². The van der Waals surface area contributed by atoms with Crippen molar-refractivity contribution in [3.63, 3.8) is 0 Å². The Kier molecular flexibility index (Phi) is 3.83. The molecule has 0 saturated carbocycles. The summed E-state index contributed by atoms with van der Waals surface area (Å²) in [6.45, 7) is 3.18. The Morgan fingerprint density at radius 2 is 2.05 bits per heavy atom. The fourth-order valence-electron chi connectivity index (χ4n) is 2.72. The Balaban J connectivity index is 1.65. The number of piperidine rings is 1. The first-order valence-corrected chi connectivity index (χ1v) is 7.38. The molecule has 3 rings (SSSR count). The molecule has 1 aromatic carbocycles. The van der Waals surface area contributed by atoms with Crippen LogP contribution >= 0.6 is 0 Å². The Labute approximate surface area is 119 Å². The Morgan fingerprint density at radius 3 is 2.80 bits per heavy atom. The number of hydrogen-bond acceptors (Lipinski definition) is 4. The Bertz CT molecular complexity index is 544. The summed E-state index contributed by atoms with van der Waals surface area (Å²) in [7, 11) is 0. The van der Waals surface area contributed by atoms with E-state index in [1.807, 2.05) is 6.07 Å². The van der Waals surface area contributed by atoms with E-state index in [0.717, 1.165) is 37.5 Å². The predicted octanol–water partition coefficient (Wildman–Crippen LogP) is 2.84. The predicted molar refractivity (Wildman–Crippen MR) is 77.4 cm³/mol. The fraction of sp³-hybridized carbons (Fsp3) is 0.500. The van der Waals surface area contributed by atoms with Gasteiger partial charge in [-0.3, -0.25) is 0 Å². The third-order valence-corrected chi connectivity index (χ3v) is 4.04. The molecule has 1 aromatic heterocycles. The van der Waals surface area contributed by atoms with E-state index in [4.69, 9.17) is 4.52 Å². The zero-order chi connectivity index (χ0) is 13.8. The molecule has 0 radical (unpaired) electrons. The Hall–Kier alpha value is -1.68. The van der Waals surface area contributed by atoms with Crippen LogP contribution in [0.4, 0.5) is 0 Å². The minimum atomic E-state index is -0.143. The number of aryl methyl sites for hydroxylation is 2. The van der Waals surface area contributed by atoms with Gasteiger partial charge >= 0.3 is 0 Å². The van der Waals surface area contributed by atoms with E-state index in [-0.39, 0.29) is 5.54 Å². The van der Waals surface area contributed by atoms with Gasteiger partial charge in [-0.25, -0.2) is 0 Å². The topological polar surface area (TPSA) is 51.0 Å². The smallest absolute Gasteiger partial charge is 0.246 e. The van der Waals surface area contributed by atoms with Crippen LogP contribution in [0.5, 0.6) is 0 Å². The SMILES string of the molecule is CC1(c2nc(CCc3ccccc3)no2)CCCCN1. The van der Waals surface area contributed by atoms with Crippen LogP contribution in [0.3, 0.4) is 0 Å². The molecule has 1 fully saturated rings. The average molecular weight is 271 g/mol. The molecule has 0 bridgehead atoms. The van der Waals surface area contributed by atoms with Crippen molar-refractivity contribution in [1.82, 2.24) is 15.5 Å². The average Bonchev–Trinajstić information content (AvgIpc) is 2.97. The number of rotatable bonds is 4. The van der Waals surface area contributed by atoms with Crippen molar-refractivity contribution in [3.05, 3.63) is 47.6 Å². The van der Waals surface area contributed by atoms with Crippen LogP contribution in [-0.2, 0) is 18.4 Å². The zero-order valence-corrected chi connectivity index (χ0v) is 11.9. The fourth-order valence-corrected chi connectivity index (χ4v) is 2.72. The van der Waals surface area contributed by atoms with Gasteiger partial charge in [0.15, 0.2) is 5.82 Å². The lowest BCUT2D eigenvalue weighted by molar-refractivity contribution is 0.206. The molecular formula is C16H21N3O. The second-order valence-corrected chi connectivity index (χ2v) is 5.72. The molecule has 1 aliphatic heterocycles. The second kappa shape index (κ2) is 5.75. The highest BCUT2D eigenvalue weighted by atomic mass is 16.5. The summed E-state index contributed by atoms with van der Waals surface area (Å²) in [6.07, 6.45) is 5.27. The Morgan fingerprint density at radius 1 is 1.20 bits per heavy atom. The molecule has 0 aliphatic carbocycles. The zero-order valence-electron chi connectivity index (χ0n) is 11.9. The van der Waals surface area contributed by atoms with Gasteiger partial charge in [0.05, 0.1) is 5.54 Å². The van der Waals surface area contributed by atoms with Crippen LogP contribution in [0.2, 0.25) is 0 Å². The van der Waals surface area contributed by atoms with Crippen LogP contribution < -0.4 is 5.32 Å². The van der Waals surface area contributed by atoms with Gasteiger partial charge in [-0.15, -0.1) is 0 Å². The summed E-state index contributed by atoms with van der Waals surface area (Å²) in [6, 6.07) is 10.4. The molecular weight excluding hydrogens is 250 g/mol. The van der Waals surface area contributed by atoms with Crippen LogP contribution in [0.15, 0.2) is 34.9 Å². The van der Waals surface area contributed by atoms with E-state index in [1.54, 1.807) is 0 Å². The van der Waals surface area contributed by atoms with Gasteiger partial charge in [0.1, 0.15) is 0 Å². The quantitative estimate of drug-likeness (QED) is 0.929. The van der Waals surface area contributed by atoms with Crippen LogP contribution in [-0.4, -0.2) is 16.7 Å². The normalized spacial score (nSPS) is 22.9. The summed E-state index contributed by atoms with van der Waals surface area (Å²) in [4.78, 5) is 4.58. The van der Waals surface area contributed by atoms with Crippen LogP contribution in [0.1, 0.15) is 43.5 Å². The van der Waals surface area contributed by atoms with Crippen molar-refractivity contribution in [2.24, 2.45) is 0 Å². The monoisotopic (exact) mass is 271 g/mol. The minimum absolute atomic E-state index is 0.143. The molecule has 1 N–H and O–H groups in total. The van der Waals surface area contributed by atoms with E-state index >= 15 is 0 Å². The first kappa shape index (κ1) is 13.3. The van der Waals surface area contributed by atoms with Gasteiger partial charge < -0.3 is 9.84 Å². The maximum atomic E-state index is 5.47. The summed E-state index contributed by atoms with van der Waals surface area (Å²) in [5, 5.41) is 7.63. The van der Waals surface area contributed by atoms with Crippen molar-refractivity contribution in [1.29, 1.82) is 0 Å².